The van der Waals surface area contributed by atoms with E-state index in [9.17, 15) is 4.79 Å². The Kier molecular flexibility index (Phi) is 6.49. The van der Waals surface area contributed by atoms with Gasteiger partial charge in [-0.2, -0.15) is 0 Å². The number of nitrogens with zero attached hydrogens (tertiary/aromatic N) is 3. The Bertz CT molecular complexity index is 896. The first kappa shape index (κ1) is 19.0. The van der Waals surface area contributed by atoms with Crippen molar-refractivity contribution in [2.24, 2.45) is 5.73 Å². The average molecular weight is 382 g/mol. The largest absolute Gasteiger partial charge is 0.496 e. The number of thioether (sulfide) groups is 1. The van der Waals surface area contributed by atoms with E-state index < -0.39 is 0 Å². The summed E-state index contributed by atoms with van der Waals surface area (Å²) in [5, 5.41) is 9.52. The Balaban J connectivity index is 1.90. The summed E-state index contributed by atoms with van der Waals surface area (Å²) in [5.74, 6) is 1.76. The minimum atomic E-state index is -0.317. The Morgan fingerprint density at radius 3 is 2.59 bits per heavy atom. The summed E-state index contributed by atoms with van der Waals surface area (Å²) in [6.07, 6.45) is 1.16. The number of aryl methyl sites for hydroxylation is 1. The van der Waals surface area contributed by atoms with E-state index in [1.54, 1.807) is 7.11 Å². The Morgan fingerprint density at radius 1 is 1.11 bits per heavy atom. The van der Waals surface area contributed by atoms with Gasteiger partial charge in [0.1, 0.15) is 5.75 Å². The predicted octanol–water partition coefficient (Wildman–Crippen LogP) is 3.16. The first-order valence-corrected chi connectivity index (χ1v) is 9.69. The second-order valence-corrected chi connectivity index (χ2v) is 7.02. The third-order valence-electron chi connectivity index (χ3n) is 4.11. The molecule has 0 saturated carbocycles. The topological polar surface area (TPSA) is 83.0 Å². The number of rotatable bonds is 9. The van der Waals surface area contributed by atoms with Crippen LogP contribution in [-0.4, -0.2) is 33.5 Å². The number of carbonyl (C=O) groups is 1. The molecule has 0 atom stereocenters. The maximum Gasteiger partial charge on any atom is 0.218 e. The van der Waals surface area contributed by atoms with Gasteiger partial charge in [-0.25, -0.2) is 0 Å². The van der Waals surface area contributed by atoms with Gasteiger partial charge in [0.25, 0.3) is 0 Å². The van der Waals surface area contributed by atoms with Crippen LogP contribution < -0.4 is 10.5 Å². The second kappa shape index (κ2) is 9.23. The lowest BCUT2D eigenvalue weighted by Gasteiger charge is -2.12. The summed E-state index contributed by atoms with van der Waals surface area (Å²) < 4.78 is 7.57. The molecule has 0 aliphatic carbocycles. The molecule has 0 fully saturated rings. The molecule has 0 saturated heterocycles. The molecule has 6 nitrogen and oxygen atoms in total. The molecule has 27 heavy (non-hydrogen) atoms. The van der Waals surface area contributed by atoms with E-state index in [-0.39, 0.29) is 5.91 Å². The van der Waals surface area contributed by atoms with E-state index in [1.165, 1.54) is 17.3 Å². The summed E-state index contributed by atoms with van der Waals surface area (Å²) in [7, 11) is 1.64. The number of nitrogens with two attached hydrogens (primary N) is 1. The lowest BCUT2D eigenvalue weighted by Crippen LogP contribution is -2.11. The van der Waals surface area contributed by atoms with Crippen LogP contribution in [0, 0.1) is 0 Å². The molecule has 0 unspecified atom stereocenters. The summed E-state index contributed by atoms with van der Waals surface area (Å²) in [6, 6.07) is 18.0. The van der Waals surface area contributed by atoms with E-state index in [4.69, 9.17) is 10.5 Å². The van der Waals surface area contributed by atoms with Crippen LogP contribution in [0.3, 0.4) is 0 Å². The molecule has 1 heterocycles. The van der Waals surface area contributed by atoms with Gasteiger partial charge in [-0.05, 0) is 24.1 Å². The number of benzene rings is 2. The molecule has 7 heteroatoms. The van der Waals surface area contributed by atoms with Gasteiger partial charge in [0.15, 0.2) is 11.0 Å². The van der Waals surface area contributed by atoms with Crippen LogP contribution in [0.4, 0.5) is 0 Å². The van der Waals surface area contributed by atoms with Crippen LogP contribution in [0.1, 0.15) is 12.0 Å². The highest BCUT2D eigenvalue weighted by Gasteiger charge is 2.17. The molecular formula is C20H22N4O2S. The zero-order chi connectivity index (χ0) is 19.1. The van der Waals surface area contributed by atoms with Gasteiger partial charge in [0.05, 0.1) is 12.7 Å². The fourth-order valence-corrected chi connectivity index (χ4v) is 3.67. The minimum Gasteiger partial charge on any atom is -0.496 e. The molecule has 0 aliphatic heterocycles. The van der Waals surface area contributed by atoms with E-state index in [2.05, 4.69) is 26.9 Å². The monoisotopic (exact) mass is 382 g/mol. The molecule has 3 aromatic rings. The Hall–Kier alpha value is -2.80. The number of hydrogen-bond donors (Lipinski definition) is 1. The molecule has 0 radical (unpaired) electrons. The number of methoxy groups -OCH3 is 1. The van der Waals surface area contributed by atoms with Crippen LogP contribution in [-0.2, 0) is 17.8 Å². The highest BCUT2D eigenvalue weighted by molar-refractivity contribution is 7.99. The van der Waals surface area contributed by atoms with Crippen molar-refractivity contribution in [2.75, 3.05) is 12.9 Å². The van der Waals surface area contributed by atoms with Crippen molar-refractivity contribution < 1.29 is 9.53 Å². The molecule has 0 aliphatic rings. The van der Waals surface area contributed by atoms with Gasteiger partial charge in [-0.3, -0.25) is 4.79 Å². The second-order valence-electron chi connectivity index (χ2n) is 5.96. The van der Waals surface area contributed by atoms with Crippen LogP contribution >= 0.6 is 11.8 Å². The van der Waals surface area contributed by atoms with E-state index >= 15 is 0 Å². The zero-order valence-electron chi connectivity index (χ0n) is 15.2. The van der Waals surface area contributed by atoms with Crippen molar-refractivity contribution in [1.82, 2.24) is 14.8 Å². The molecule has 2 N–H and O–H groups in total. The molecule has 0 bridgehead atoms. The van der Waals surface area contributed by atoms with E-state index in [0.29, 0.717) is 12.2 Å². The predicted molar refractivity (Wildman–Crippen MR) is 107 cm³/mol. The van der Waals surface area contributed by atoms with Crippen molar-refractivity contribution in [1.29, 1.82) is 0 Å². The number of aromatic nitrogens is 3. The van der Waals surface area contributed by atoms with Crippen molar-refractivity contribution in [3.63, 3.8) is 0 Å². The van der Waals surface area contributed by atoms with Gasteiger partial charge in [0.2, 0.25) is 5.91 Å². The van der Waals surface area contributed by atoms with Crippen molar-refractivity contribution in [3.8, 4) is 17.1 Å². The van der Waals surface area contributed by atoms with Gasteiger partial charge in [-0.1, -0.05) is 54.2 Å². The molecule has 0 spiro atoms. The first-order chi connectivity index (χ1) is 13.2. The molecule has 1 aromatic heterocycles. The first-order valence-electron chi connectivity index (χ1n) is 8.70. The quantitative estimate of drug-likeness (QED) is 0.575. The number of ether oxygens (including phenoxy) is 1. The summed E-state index contributed by atoms with van der Waals surface area (Å²) in [6.45, 7) is 0.725. The Labute approximate surface area is 162 Å². The van der Waals surface area contributed by atoms with Gasteiger partial charge < -0.3 is 15.0 Å². The maximum atomic E-state index is 11.0. The van der Waals surface area contributed by atoms with E-state index in [0.717, 1.165) is 35.3 Å². The molecular weight excluding hydrogens is 360 g/mol. The fourth-order valence-electron chi connectivity index (χ4n) is 2.75. The van der Waals surface area contributed by atoms with Crippen molar-refractivity contribution >= 4 is 17.7 Å². The lowest BCUT2D eigenvalue weighted by atomic mass is 10.1. The number of para-hydroxylation sites is 1. The third-order valence-corrected chi connectivity index (χ3v) is 5.08. The van der Waals surface area contributed by atoms with Crippen LogP contribution in [0.5, 0.6) is 5.75 Å². The number of primary amides is 1. The van der Waals surface area contributed by atoms with E-state index in [1.807, 2.05) is 42.5 Å². The summed E-state index contributed by atoms with van der Waals surface area (Å²) >= 11 is 1.49. The highest BCUT2D eigenvalue weighted by Crippen LogP contribution is 2.31. The minimum absolute atomic E-state index is 0.306. The number of carbonyl (C=O) groups excluding carboxylic acids is 1. The van der Waals surface area contributed by atoms with Gasteiger partial charge >= 0.3 is 0 Å². The standard InChI is InChI=1S/C20H22N4O2S/c1-26-17-10-6-5-9-16(17)19-22-23-20(27-14-12-18(21)25)24(19)13-11-15-7-3-2-4-8-15/h2-10H,11-14H2,1H3,(H2,21,25). The van der Waals surface area contributed by atoms with Gasteiger partial charge in [0, 0.05) is 18.7 Å². The average Bonchev–Trinajstić information content (AvgIpc) is 3.09. The molecule has 3 rings (SSSR count). The van der Waals surface area contributed by atoms with Gasteiger partial charge in [-0.15, -0.1) is 10.2 Å². The molecule has 2 aromatic carbocycles. The Morgan fingerprint density at radius 2 is 1.85 bits per heavy atom. The number of amides is 1. The van der Waals surface area contributed by atoms with Crippen LogP contribution in [0.2, 0.25) is 0 Å². The SMILES string of the molecule is COc1ccccc1-c1nnc(SCCC(N)=O)n1CCc1ccccc1. The van der Waals surface area contributed by atoms with Crippen LogP contribution in [0.15, 0.2) is 59.8 Å². The van der Waals surface area contributed by atoms with Crippen molar-refractivity contribution in [2.45, 2.75) is 24.5 Å². The smallest absolute Gasteiger partial charge is 0.218 e. The molecule has 1 amide bonds. The molecule has 140 valence electrons. The summed E-state index contributed by atoms with van der Waals surface area (Å²) in [4.78, 5) is 11.0. The summed E-state index contributed by atoms with van der Waals surface area (Å²) in [5.41, 5.74) is 7.38. The lowest BCUT2D eigenvalue weighted by molar-refractivity contribution is -0.117. The third kappa shape index (κ3) is 4.89. The zero-order valence-corrected chi connectivity index (χ0v) is 16.0. The highest BCUT2D eigenvalue weighted by atomic mass is 32.2. The number of hydrogen-bond acceptors (Lipinski definition) is 5. The fraction of sp³-hybridized carbons (Fsp3) is 0.250. The normalized spacial score (nSPS) is 10.7. The van der Waals surface area contributed by atoms with Crippen molar-refractivity contribution in [3.05, 3.63) is 60.2 Å². The maximum absolute atomic E-state index is 11.0. The van der Waals surface area contributed by atoms with Crippen LogP contribution in [0.25, 0.3) is 11.4 Å².